The highest BCUT2D eigenvalue weighted by molar-refractivity contribution is 5.93. The number of hydrogen-bond donors (Lipinski definition) is 1. The largest absolute Gasteiger partial charge is 0.391 e. The van der Waals surface area contributed by atoms with E-state index in [4.69, 9.17) is 0 Å². The van der Waals surface area contributed by atoms with Crippen LogP contribution < -0.4 is 0 Å². The lowest BCUT2D eigenvalue weighted by atomic mass is 9.91. The highest BCUT2D eigenvalue weighted by Gasteiger charge is 2.30. The molecule has 1 fully saturated rings. The summed E-state index contributed by atoms with van der Waals surface area (Å²) in [7, 11) is 1.76. The molecular weight excluding hydrogens is 254 g/mol. The number of aliphatic hydroxyl groups is 1. The van der Waals surface area contributed by atoms with Crippen LogP contribution in [-0.2, 0) is 0 Å². The first-order valence-electron chi connectivity index (χ1n) is 7.06. The summed E-state index contributed by atoms with van der Waals surface area (Å²) in [6, 6.07) is 5.57. The van der Waals surface area contributed by atoms with E-state index < -0.39 is 6.10 Å². The predicted molar refractivity (Wildman–Crippen MR) is 75.5 cm³/mol. The summed E-state index contributed by atoms with van der Waals surface area (Å²) < 4.78 is 1.83. The van der Waals surface area contributed by atoms with Crippen LogP contribution in [0, 0.1) is 0 Å². The molecule has 3 rings (SSSR count). The van der Waals surface area contributed by atoms with Gasteiger partial charge in [0.25, 0.3) is 5.91 Å². The third-order valence-corrected chi connectivity index (χ3v) is 4.09. The van der Waals surface area contributed by atoms with E-state index in [1.807, 2.05) is 28.8 Å². The lowest BCUT2D eigenvalue weighted by molar-refractivity contribution is 0.0265. The third-order valence-electron chi connectivity index (χ3n) is 4.09. The van der Waals surface area contributed by atoms with E-state index in [0.717, 1.165) is 31.3 Å². The highest BCUT2D eigenvalue weighted by Crippen LogP contribution is 2.23. The lowest BCUT2D eigenvalue weighted by Crippen LogP contribution is -2.46. The van der Waals surface area contributed by atoms with Gasteiger partial charge in [-0.3, -0.25) is 4.79 Å². The monoisotopic (exact) mass is 273 g/mol. The first kappa shape index (κ1) is 13.1. The molecule has 2 atom stereocenters. The molecule has 5 heteroatoms. The number of carbonyl (C=O) groups excluding carboxylic acids is 1. The van der Waals surface area contributed by atoms with Crippen molar-refractivity contribution in [2.45, 2.75) is 37.8 Å². The van der Waals surface area contributed by atoms with Crippen LogP contribution in [-0.4, -0.2) is 44.5 Å². The average molecular weight is 273 g/mol. The summed E-state index contributed by atoms with van der Waals surface area (Å²) in [6.45, 7) is 0. The van der Waals surface area contributed by atoms with Crippen molar-refractivity contribution in [1.82, 2.24) is 14.3 Å². The summed E-state index contributed by atoms with van der Waals surface area (Å²) in [4.78, 5) is 18.5. The Morgan fingerprint density at radius 1 is 1.40 bits per heavy atom. The fraction of sp³-hybridized carbons (Fsp3) is 0.467. The van der Waals surface area contributed by atoms with Gasteiger partial charge in [-0.15, -0.1) is 0 Å². The molecule has 2 unspecified atom stereocenters. The zero-order valence-corrected chi connectivity index (χ0v) is 11.6. The number of imidazole rings is 1. The highest BCUT2D eigenvalue weighted by atomic mass is 16.3. The maximum atomic E-state index is 12.5. The summed E-state index contributed by atoms with van der Waals surface area (Å²) in [5.41, 5.74) is 1.19. The number of hydrogen-bond acceptors (Lipinski definition) is 3. The van der Waals surface area contributed by atoms with Crippen molar-refractivity contribution >= 4 is 11.6 Å². The second kappa shape index (κ2) is 5.25. The second-order valence-corrected chi connectivity index (χ2v) is 5.43. The normalized spacial score (nSPS) is 22.9. The molecular formula is C15H19N3O2. The molecule has 1 saturated carbocycles. The SMILES string of the molecule is CN(C(=O)c1cn2ccccc2n1)C1CCCCC1O. The average Bonchev–Trinajstić information content (AvgIpc) is 2.90. The third kappa shape index (κ3) is 2.29. The molecule has 0 saturated heterocycles. The number of carbonyl (C=O) groups is 1. The molecule has 0 bridgehead atoms. The van der Waals surface area contributed by atoms with E-state index in [1.54, 1.807) is 18.1 Å². The minimum atomic E-state index is -0.422. The van der Waals surface area contributed by atoms with Crippen molar-refractivity contribution < 1.29 is 9.90 Å². The van der Waals surface area contributed by atoms with E-state index >= 15 is 0 Å². The van der Waals surface area contributed by atoms with E-state index in [-0.39, 0.29) is 11.9 Å². The second-order valence-electron chi connectivity index (χ2n) is 5.43. The Kier molecular flexibility index (Phi) is 3.44. The number of amides is 1. The van der Waals surface area contributed by atoms with Crippen LogP contribution in [0.15, 0.2) is 30.6 Å². The summed E-state index contributed by atoms with van der Waals surface area (Å²) in [5, 5.41) is 10.1. The zero-order chi connectivity index (χ0) is 14.1. The van der Waals surface area contributed by atoms with E-state index in [9.17, 15) is 9.90 Å². The van der Waals surface area contributed by atoms with Crippen molar-refractivity contribution in [3.8, 4) is 0 Å². The van der Waals surface area contributed by atoms with E-state index in [0.29, 0.717) is 5.69 Å². The predicted octanol–water partition coefficient (Wildman–Crippen LogP) is 1.71. The van der Waals surface area contributed by atoms with Gasteiger partial charge in [-0.2, -0.15) is 0 Å². The van der Waals surface area contributed by atoms with Gasteiger partial charge in [-0.25, -0.2) is 4.98 Å². The Hall–Kier alpha value is -1.88. The Bertz CT molecular complexity index is 589. The summed E-state index contributed by atoms with van der Waals surface area (Å²) in [6.07, 6.45) is 6.91. The standard InChI is InChI=1S/C15H19N3O2/c1-17(12-6-2-3-7-13(12)19)15(20)11-10-18-9-5-4-8-14(18)16-11/h4-5,8-10,12-13,19H,2-3,6-7H2,1H3. The Morgan fingerprint density at radius 2 is 2.20 bits per heavy atom. The fourth-order valence-electron chi connectivity index (χ4n) is 2.91. The van der Waals surface area contributed by atoms with Gasteiger partial charge < -0.3 is 14.4 Å². The van der Waals surface area contributed by atoms with Gasteiger partial charge in [0.2, 0.25) is 0 Å². The fourth-order valence-corrected chi connectivity index (χ4v) is 2.91. The molecule has 2 heterocycles. The lowest BCUT2D eigenvalue weighted by Gasteiger charge is -2.34. The molecule has 20 heavy (non-hydrogen) atoms. The number of pyridine rings is 1. The Labute approximate surface area is 117 Å². The van der Waals surface area contributed by atoms with Gasteiger partial charge in [-0.1, -0.05) is 18.9 Å². The van der Waals surface area contributed by atoms with Crippen LogP contribution >= 0.6 is 0 Å². The van der Waals surface area contributed by atoms with Crippen molar-refractivity contribution in [2.24, 2.45) is 0 Å². The van der Waals surface area contributed by atoms with Crippen molar-refractivity contribution in [3.05, 3.63) is 36.3 Å². The minimum Gasteiger partial charge on any atom is -0.391 e. The molecule has 0 spiro atoms. The maximum absolute atomic E-state index is 12.5. The number of rotatable bonds is 2. The molecule has 0 radical (unpaired) electrons. The first-order valence-corrected chi connectivity index (χ1v) is 7.06. The zero-order valence-electron chi connectivity index (χ0n) is 11.6. The molecule has 0 aliphatic heterocycles. The van der Waals surface area contributed by atoms with Crippen LogP contribution in [0.25, 0.3) is 5.65 Å². The molecule has 5 nitrogen and oxygen atoms in total. The first-order chi connectivity index (χ1) is 9.66. The van der Waals surface area contributed by atoms with Crippen LogP contribution in [0.3, 0.4) is 0 Å². The van der Waals surface area contributed by atoms with Gasteiger partial charge in [0.05, 0.1) is 12.1 Å². The molecule has 1 amide bonds. The number of aliphatic hydroxyl groups excluding tert-OH is 1. The molecule has 106 valence electrons. The van der Waals surface area contributed by atoms with Gasteiger partial charge in [0.1, 0.15) is 11.3 Å². The topological polar surface area (TPSA) is 57.8 Å². The minimum absolute atomic E-state index is 0.0962. The summed E-state index contributed by atoms with van der Waals surface area (Å²) in [5.74, 6) is -0.125. The van der Waals surface area contributed by atoms with E-state index in [2.05, 4.69) is 4.98 Å². The van der Waals surface area contributed by atoms with Crippen LogP contribution in [0.2, 0.25) is 0 Å². The summed E-state index contributed by atoms with van der Waals surface area (Å²) >= 11 is 0. The molecule has 2 aromatic heterocycles. The smallest absolute Gasteiger partial charge is 0.274 e. The van der Waals surface area contributed by atoms with Crippen LogP contribution in [0.1, 0.15) is 36.2 Å². The van der Waals surface area contributed by atoms with Crippen molar-refractivity contribution in [1.29, 1.82) is 0 Å². The van der Waals surface area contributed by atoms with E-state index in [1.165, 1.54) is 0 Å². The van der Waals surface area contributed by atoms with Gasteiger partial charge in [0, 0.05) is 19.4 Å². The Balaban J connectivity index is 1.83. The Morgan fingerprint density at radius 3 is 2.95 bits per heavy atom. The molecule has 2 aromatic rings. The number of aromatic nitrogens is 2. The van der Waals surface area contributed by atoms with Crippen molar-refractivity contribution in [2.75, 3.05) is 7.05 Å². The number of likely N-dealkylation sites (N-methyl/N-ethyl adjacent to an activating group) is 1. The van der Waals surface area contributed by atoms with Crippen LogP contribution in [0.4, 0.5) is 0 Å². The number of fused-ring (bicyclic) bond motifs is 1. The van der Waals surface area contributed by atoms with Gasteiger partial charge in [-0.05, 0) is 25.0 Å². The maximum Gasteiger partial charge on any atom is 0.274 e. The molecule has 1 aliphatic carbocycles. The quantitative estimate of drug-likeness (QED) is 0.906. The number of nitrogens with zero attached hydrogens (tertiary/aromatic N) is 3. The van der Waals surface area contributed by atoms with Gasteiger partial charge >= 0.3 is 0 Å². The molecule has 0 aromatic carbocycles. The van der Waals surface area contributed by atoms with Crippen molar-refractivity contribution in [3.63, 3.8) is 0 Å². The molecule has 1 N–H and O–H groups in total. The van der Waals surface area contributed by atoms with Crippen LogP contribution in [0.5, 0.6) is 0 Å². The van der Waals surface area contributed by atoms with Gasteiger partial charge in [0.15, 0.2) is 0 Å². The molecule has 1 aliphatic rings.